The molecule has 2 unspecified atom stereocenters. The third kappa shape index (κ3) is 3.75. The smallest absolute Gasteiger partial charge is 0.328 e. The van der Waals surface area contributed by atoms with Gasteiger partial charge >= 0.3 is 6.03 Å². The number of aliphatic imine (C=N–C) groups is 1. The predicted molar refractivity (Wildman–Crippen MR) is 137 cm³/mol. The quantitative estimate of drug-likeness (QED) is 0.550. The van der Waals surface area contributed by atoms with Crippen LogP contribution in [0.2, 0.25) is 0 Å². The molecule has 0 aliphatic carbocycles. The van der Waals surface area contributed by atoms with E-state index in [1.165, 1.54) is 4.90 Å². The molecule has 0 saturated carbocycles. The summed E-state index contributed by atoms with van der Waals surface area (Å²) in [5.41, 5.74) is 2.99. The molecule has 3 aliphatic heterocycles. The first-order valence-corrected chi connectivity index (χ1v) is 12.1. The van der Waals surface area contributed by atoms with Gasteiger partial charge in [-0.15, -0.1) is 0 Å². The fraction of sp³-hybridized carbons (Fsp3) is 0.250. The zero-order valence-corrected chi connectivity index (χ0v) is 20.2. The number of rotatable bonds is 5. The number of urea groups is 1. The molecule has 6 rings (SSSR count). The lowest BCUT2D eigenvalue weighted by molar-refractivity contribution is -0.137. The number of fused-ring (bicyclic) bond motifs is 3. The molecule has 2 fully saturated rings. The Hall–Kier alpha value is -4.33. The van der Waals surface area contributed by atoms with Gasteiger partial charge in [0, 0.05) is 25.8 Å². The molecule has 2 saturated heterocycles. The SMILES string of the molecule is Cc1cccc(CN2C(=O)C3C(N=C4N(c5ccc(Oc6ccccc6)cc5)CCN43)N(C)C2=O)c1. The van der Waals surface area contributed by atoms with Crippen LogP contribution in [0.15, 0.2) is 83.9 Å². The highest BCUT2D eigenvalue weighted by atomic mass is 16.5. The van der Waals surface area contributed by atoms with Gasteiger partial charge in [-0.3, -0.25) is 9.69 Å². The fourth-order valence-electron chi connectivity index (χ4n) is 5.14. The third-order valence-corrected chi connectivity index (χ3v) is 6.93. The van der Waals surface area contributed by atoms with Crippen LogP contribution in [0.1, 0.15) is 11.1 Å². The minimum atomic E-state index is -0.530. The van der Waals surface area contributed by atoms with Crippen LogP contribution in [0.3, 0.4) is 0 Å². The largest absolute Gasteiger partial charge is 0.457 e. The van der Waals surface area contributed by atoms with Crippen molar-refractivity contribution >= 4 is 23.6 Å². The van der Waals surface area contributed by atoms with Crippen LogP contribution >= 0.6 is 0 Å². The number of imide groups is 1. The van der Waals surface area contributed by atoms with E-state index in [0.717, 1.165) is 34.3 Å². The highest BCUT2D eigenvalue weighted by Gasteiger charge is 2.54. The molecule has 3 heterocycles. The van der Waals surface area contributed by atoms with Gasteiger partial charge in [-0.25, -0.2) is 9.79 Å². The van der Waals surface area contributed by atoms with E-state index in [9.17, 15) is 9.59 Å². The Morgan fingerprint density at radius 3 is 2.42 bits per heavy atom. The van der Waals surface area contributed by atoms with Crippen molar-refractivity contribution in [3.8, 4) is 11.5 Å². The third-order valence-electron chi connectivity index (χ3n) is 6.93. The summed E-state index contributed by atoms with van der Waals surface area (Å²) < 4.78 is 5.91. The summed E-state index contributed by atoms with van der Waals surface area (Å²) in [6, 6.07) is 24.6. The molecule has 36 heavy (non-hydrogen) atoms. The van der Waals surface area contributed by atoms with Gasteiger partial charge in [-0.1, -0.05) is 48.0 Å². The minimum absolute atomic E-state index is 0.197. The number of guanidine groups is 1. The number of nitrogens with zero attached hydrogens (tertiary/aromatic N) is 5. The molecule has 3 amide bonds. The average molecular weight is 482 g/mol. The topological polar surface area (TPSA) is 68.7 Å². The molecule has 0 radical (unpaired) electrons. The molecule has 8 nitrogen and oxygen atoms in total. The van der Waals surface area contributed by atoms with E-state index in [4.69, 9.17) is 9.73 Å². The fourth-order valence-corrected chi connectivity index (χ4v) is 5.14. The van der Waals surface area contributed by atoms with Gasteiger partial charge in [0.25, 0.3) is 5.91 Å². The van der Waals surface area contributed by atoms with E-state index in [0.29, 0.717) is 13.1 Å². The molecule has 8 heteroatoms. The van der Waals surface area contributed by atoms with Gasteiger partial charge in [0.05, 0.1) is 6.54 Å². The summed E-state index contributed by atoms with van der Waals surface area (Å²) >= 11 is 0. The Morgan fingerprint density at radius 1 is 0.917 bits per heavy atom. The lowest BCUT2D eigenvalue weighted by Gasteiger charge is -2.40. The first-order valence-electron chi connectivity index (χ1n) is 12.1. The molecular weight excluding hydrogens is 454 g/mol. The number of amides is 3. The number of benzene rings is 3. The number of ether oxygens (including phenoxy) is 1. The number of para-hydroxylation sites is 1. The van der Waals surface area contributed by atoms with E-state index >= 15 is 0 Å². The van der Waals surface area contributed by atoms with Crippen molar-refractivity contribution in [2.75, 3.05) is 25.0 Å². The van der Waals surface area contributed by atoms with Gasteiger partial charge in [0.2, 0.25) is 5.96 Å². The van der Waals surface area contributed by atoms with Crippen LogP contribution in [0.5, 0.6) is 11.5 Å². The van der Waals surface area contributed by atoms with E-state index in [1.54, 1.807) is 11.9 Å². The van der Waals surface area contributed by atoms with E-state index in [2.05, 4.69) is 4.90 Å². The minimum Gasteiger partial charge on any atom is -0.457 e. The number of anilines is 1. The van der Waals surface area contributed by atoms with Crippen LogP contribution in [-0.2, 0) is 11.3 Å². The second-order valence-electron chi connectivity index (χ2n) is 9.35. The molecule has 0 aromatic heterocycles. The van der Waals surface area contributed by atoms with Crippen molar-refractivity contribution in [1.82, 2.24) is 14.7 Å². The van der Waals surface area contributed by atoms with E-state index in [1.807, 2.05) is 90.7 Å². The highest BCUT2D eigenvalue weighted by Crippen LogP contribution is 2.34. The van der Waals surface area contributed by atoms with Gasteiger partial charge in [0.15, 0.2) is 12.2 Å². The molecule has 3 aromatic carbocycles. The lowest BCUT2D eigenvalue weighted by Crippen LogP contribution is -2.64. The lowest BCUT2D eigenvalue weighted by atomic mass is 10.1. The van der Waals surface area contributed by atoms with Crippen molar-refractivity contribution in [2.45, 2.75) is 25.7 Å². The Morgan fingerprint density at radius 2 is 1.67 bits per heavy atom. The molecule has 3 aromatic rings. The first-order chi connectivity index (χ1) is 17.5. The summed E-state index contributed by atoms with van der Waals surface area (Å²) in [6.45, 7) is 3.63. The number of carbonyl (C=O) groups excluding carboxylic acids is 2. The van der Waals surface area contributed by atoms with Crippen molar-refractivity contribution in [3.63, 3.8) is 0 Å². The molecule has 182 valence electrons. The Balaban J connectivity index is 1.21. The van der Waals surface area contributed by atoms with Crippen LogP contribution in [0.4, 0.5) is 10.5 Å². The normalized spacial score (nSPS) is 21.0. The number of likely N-dealkylation sites (N-methyl/N-ethyl adjacent to an activating group) is 1. The molecule has 2 atom stereocenters. The van der Waals surface area contributed by atoms with E-state index in [-0.39, 0.29) is 18.5 Å². The molecule has 0 spiro atoms. The van der Waals surface area contributed by atoms with Crippen molar-refractivity contribution < 1.29 is 14.3 Å². The number of hydrogen-bond acceptors (Lipinski definition) is 6. The molecule has 0 N–H and O–H groups in total. The second-order valence-corrected chi connectivity index (χ2v) is 9.35. The summed E-state index contributed by atoms with van der Waals surface area (Å²) in [6.07, 6.45) is -0.530. The monoisotopic (exact) mass is 481 g/mol. The Kier molecular flexibility index (Phi) is 5.36. The highest BCUT2D eigenvalue weighted by molar-refractivity contribution is 6.08. The first kappa shape index (κ1) is 22.2. The van der Waals surface area contributed by atoms with Gasteiger partial charge in [0.1, 0.15) is 11.5 Å². The summed E-state index contributed by atoms with van der Waals surface area (Å²) in [4.78, 5) is 38.7. The van der Waals surface area contributed by atoms with Crippen LogP contribution < -0.4 is 9.64 Å². The van der Waals surface area contributed by atoms with Crippen LogP contribution in [0.25, 0.3) is 0 Å². The summed E-state index contributed by atoms with van der Waals surface area (Å²) in [5, 5.41) is 0. The molecular formula is C28H27N5O3. The molecule has 3 aliphatic rings. The van der Waals surface area contributed by atoms with Gasteiger partial charge in [-0.2, -0.15) is 0 Å². The second kappa shape index (κ2) is 8.71. The zero-order chi connectivity index (χ0) is 24.8. The standard InChI is InChI=1S/C28H27N5O3/c1-19-7-6-8-20(17-19)18-33-26(34)24-25(30(2)28(33)35)29-27-31(15-16-32(24)27)21-11-13-23(14-12-21)36-22-9-4-3-5-10-22/h3-14,17,24-25H,15-16,18H2,1-2H3. The number of aryl methyl sites for hydroxylation is 1. The summed E-state index contributed by atoms with van der Waals surface area (Å²) in [7, 11) is 1.72. The zero-order valence-electron chi connectivity index (χ0n) is 20.2. The van der Waals surface area contributed by atoms with Gasteiger partial charge in [-0.05, 0) is 48.9 Å². The summed E-state index contributed by atoms with van der Waals surface area (Å²) in [5.74, 6) is 2.06. The maximum absolute atomic E-state index is 13.6. The van der Waals surface area contributed by atoms with Crippen molar-refractivity contribution in [3.05, 3.63) is 90.0 Å². The van der Waals surface area contributed by atoms with Gasteiger partial charge < -0.3 is 19.4 Å². The van der Waals surface area contributed by atoms with Crippen molar-refractivity contribution in [2.24, 2.45) is 4.99 Å². The number of hydrogen-bond donors (Lipinski definition) is 0. The van der Waals surface area contributed by atoms with Crippen LogP contribution in [0, 0.1) is 6.92 Å². The van der Waals surface area contributed by atoms with Crippen molar-refractivity contribution in [1.29, 1.82) is 0 Å². The van der Waals surface area contributed by atoms with E-state index < -0.39 is 12.2 Å². The average Bonchev–Trinajstić information content (AvgIpc) is 3.46. The maximum atomic E-state index is 13.6. The Labute approximate surface area is 210 Å². The maximum Gasteiger partial charge on any atom is 0.328 e. The molecule has 0 bridgehead atoms. The van der Waals surface area contributed by atoms with Crippen LogP contribution in [-0.4, -0.2) is 64.9 Å². The Bertz CT molecular complexity index is 1340. The predicted octanol–water partition coefficient (Wildman–Crippen LogP) is 4.07. The number of carbonyl (C=O) groups is 2.